The highest BCUT2D eigenvalue weighted by Crippen LogP contribution is 2.40. The van der Waals surface area contributed by atoms with Crippen LogP contribution >= 0.6 is 0 Å². The Morgan fingerprint density at radius 1 is 1.31 bits per heavy atom. The molecule has 29 heavy (non-hydrogen) atoms. The van der Waals surface area contributed by atoms with Gasteiger partial charge in [0.05, 0.1) is 12.1 Å². The van der Waals surface area contributed by atoms with Gasteiger partial charge in [-0.25, -0.2) is 13.8 Å². The number of rotatable bonds is 9. The number of H-pyrrole nitrogens is 1. The van der Waals surface area contributed by atoms with E-state index < -0.39 is 18.5 Å². The Morgan fingerprint density at radius 3 is 2.66 bits per heavy atom. The zero-order valence-corrected chi connectivity index (χ0v) is 16.7. The number of nitrogens with zero attached hydrogens (tertiary/aromatic N) is 2. The number of aromatic nitrogens is 2. The molecule has 3 nitrogen and oxygen atoms in total. The molecule has 0 saturated heterocycles. The summed E-state index contributed by atoms with van der Waals surface area (Å²) in [5.74, 6) is -1.70. The Balaban J connectivity index is 1.73. The van der Waals surface area contributed by atoms with Gasteiger partial charge in [-0.1, -0.05) is 24.3 Å². The normalized spacial score (nSPS) is 18.1. The molecule has 0 radical (unpaired) electrons. The molecule has 0 amide bonds. The number of allylic oxidation sites excluding steroid dienone is 3. The molecule has 1 aromatic heterocycles. The molecular formula is C21H28F5N3. The summed E-state index contributed by atoms with van der Waals surface area (Å²) in [7, 11) is 0. The van der Waals surface area contributed by atoms with Crippen molar-refractivity contribution in [2.45, 2.75) is 76.3 Å². The standard InChI is InChI=1S/C21H28F5N3/c1-15(6-4-13-27-14-12-21(24,25)26)5-3-7-18-16(2)28-19(29-18)17-8-10-20(22,23)11-9-17/h3,5,14,17H,1,4,6-13H2,2H3,(H,28,29)/b5-3-,27-14?. The molecule has 1 fully saturated rings. The van der Waals surface area contributed by atoms with Crippen LogP contribution in [0, 0.1) is 6.92 Å². The van der Waals surface area contributed by atoms with Crippen molar-refractivity contribution in [2.75, 3.05) is 6.54 Å². The molecule has 0 aliphatic heterocycles. The molecular weight excluding hydrogens is 389 g/mol. The maximum atomic E-state index is 13.3. The number of hydrogen-bond acceptors (Lipinski definition) is 2. The zero-order chi connectivity index (χ0) is 21.5. The minimum atomic E-state index is -4.21. The number of imidazole rings is 1. The van der Waals surface area contributed by atoms with Crippen molar-refractivity contribution in [2.24, 2.45) is 4.99 Å². The van der Waals surface area contributed by atoms with Gasteiger partial charge in [-0.15, -0.1) is 0 Å². The summed E-state index contributed by atoms with van der Waals surface area (Å²) in [6, 6.07) is 0. The predicted molar refractivity (Wildman–Crippen MR) is 105 cm³/mol. The van der Waals surface area contributed by atoms with Gasteiger partial charge >= 0.3 is 6.18 Å². The summed E-state index contributed by atoms with van der Waals surface area (Å²) in [6.07, 6.45) is 2.12. The monoisotopic (exact) mass is 417 g/mol. The second-order valence-corrected chi connectivity index (χ2v) is 7.60. The van der Waals surface area contributed by atoms with Crippen LogP contribution in [0.25, 0.3) is 0 Å². The van der Waals surface area contributed by atoms with Gasteiger partial charge in [-0.2, -0.15) is 13.2 Å². The predicted octanol–water partition coefficient (Wildman–Crippen LogP) is 6.47. The summed E-state index contributed by atoms with van der Waals surface area (Å²) in [4.78, 5) is 11.6. The summed E-state index contributed by atoms with van der Waals surface area (Å²) in [5, 5.41) is 0. The van der Waals surface area contributed by atoms with E-state index >= 15 is 0 Å². The Hall–Kier alpha value is -1.99. The lowest BCUT2D eigenvalue weighted by Crippen LogP contribution is -2.24. The van der Waals surface area contributed by atoms with Crippen LogP contribution in [-0.4, -0.2) is 34.8 Å². The Labute approximate surface area is 168 Å². The highest BCUT2D eigenvalue weighted by Gasteiger charge is 2.36. The van der Waals surface area contributed by atoms with E-state index in [1.165, 1.54) is 0 Å². The van der Waals surface area contributed by atoms with Gasteiger partial charge in [-0.3, -0.25) is 4.99 Å². The second-order valence-electron chi connectivity index (χ2n) is 7.60. The number of aromatic amines is 1. The lowest BCUT2D eigenvalue weighted by molar-refractivity contribution is -0.120. The van der Waals surface area contributed by atoms with Crippen molar-refractivity contribution < 1.29 is 22.0 Å². The molecule has 0 spiro atoms. The molecule has 1 saturated carbocycles. The molecule has 1 aliphatic carbocycles. The van der Waals surface area contributed by atoms with Crippen LogP contribution in [-0.2, 0) is 6.42 Å². The minimum Gasteiger partial charge on any atom is -0.346 e. The molecule has 1 aromatic rings. The van der Waals surface area contributed by atoms with Crippen LogP contribution in [0.15, 0.2) is 29.3 Å². The lowest BCUT2D eigenvalue weighted by atomic mass is 9.86. The van der Waals surface area contributed by atoms with Crippen molar-refractivity contribution in [3.05, 3.63) is 41.5 Å². The number of nitrogens with one attached hydrogen (secondary N) is 1. The fraction of sp³-hybridized carbons (Fsp3) is 0.619. The first kappa shape index (κ1) is 23.3. The summed E-state index contributed by atoms with van der Waals surface area (Å²) < 4.78 is 62.6. The Kier molecular flexibility index (Phi) is 8.16. The Morgan fingerprint density at radius 2 is 2.00 bits per heavy atom. The fourth-order valence-electron chi connectivity index (χ4n) is 3.30. The van der Waals surface area contributed by atoms with Crippen LogP contribution in [0.1, 0.15) is 68.1 Å². The highest BCUT2D eigenvalue weighted by molar-refractivity contribution is 5.57. The average molecular weight is 417 g/mol. The van der Waals surface area contributed by atoms with E-state index in [4.69, 9.17) is 0 Å². The number of aryl methyl sites for hydroxylation is 1. The number of halogens is 5. The summed E-state index contributed by atoms with van der Waals surface area (Å²) in [6.45, 7) is 6.20. The average Bonchev–Trinajstić information content (AvgIpc) is 2.98. The van der Waals surface area contributed by atoms with Crippen molar-refractivity contribution in [1.82, 2.24) is 9.97 Å². The molecule has 1 N–H and O–H groups in total. The Bertz CT molecular complexity index is 721. The lowest BCUT2D eigenvalue weighted by Gasteiger charge is -2.26. The van der Waals surface area contributed by atoms with Gasteiger partial charge in [0.2, 0.25) is 5.92 Å². The molecule has 0 unspecified atom stereocenters. The van der Waals surface area contributed by atoms with Gasteiger partial charge in [-0.05, 0) is 32.6 Å². The first-order valence-electron chi connectivity index (χ1n) is 9.88. The van der Waals surface area contributed by atoms with E-state index in [0.717, 1.165) is 29.0 Å². The summed E-state index contributed by atoms with van der Waals surface area (Å²) in [5.41, 5.74) is 2.70. The minimum absolute atomic E-state index is 0.0546. The van der Waals surface area contributed by atoms with Crippen LogP contribution in [0.4, 0.5) is 22.0 Å². The van der Waals surface area contributed by atoms with E-state index in [1.54, 1.807) is 0 Å². The molecule has 2 rings (SSSR count). The smallest absolute Gasteiger partial charge is 0.346 e. The van der Waals surface area contributed by atoms with Crippen molar-refractivity contribution >= 4 is 6.21 Å². The van der Waals surface area contributed by atoms with Gasteiger partial charge < -0.3 is 4.98 Å². The maximum absolute atomic E-state index is 13.3. The highest BCUT2D eigenvalue weighted by atomic mass is 19.4. The van der Waals surface area contributed by atoms with Crippen molar-refractivity contribution in [3.8, 4) is 0 Å². The van der Waals surface area contributed by atoms with E-state index in [-0.39, 0.29) is 18.8 Å². The van der Waals surface area contributed by atoms with Gasteiger partial charge in [0, 0.05) is 43.6 Å². The van der Waals surface area contributed by atoms with Gasteiger partial charge in [0.15, 0.2) is 0 Å². The molecule has 162 valence electrons. The van der Waals surface area contributed by atoms with Crippen LogP contribution in [0.3, 0.4) is 0 Å². The van der Waals surface area contributed by atoms with E-state index in [1.807, 2.05) is 19.1 Å². The maximum Gasteiger partial charge on any atom is 0.393 e. The molecule has 0 aromatic carbocycles. The molecule has 0 atom stereocenters. The van der Waals surface area contributed by atoms with Crippen molar-refractivity contribution in [1.29, 1.82) is 0 Å². The molecule has 8 heteroatoms. The fourth-order valence-corrected chi connectivity index (χ4v) is 3.30. The SMILES string of the molecule is C=C(/C=C\Cc1nc(C2CCC(F)(F)CC2)[nH]c1C)CCCN=CCC(F)(F)F. The van der Waals surface area contributed by atoms with Crippen LogP contribution in [0.2, 0.25) is 0 Å². The van der Waals surface area contributed by atoms with E-state index in [9.17, 15) is 22.0 Å². The molecule has 1 heterocycles. The third-order valence-electron chi connectivity index (χ3n) is 5.01. The second kappa shape index (κ2) is 10.2. The van der Waals surface area contributed by atoms with Gasteiger partial charge in [0.25, 0.3) is 0 Å². The number of alkyl halides is 5. The number of aliphatic imine (C=N–C) groups is 1. The quantitative estimate of drug-likeness (QED) is 0.213. The number of hydrogen-bond donors (Lipinski definition) is 1. The third-order valence-corrected chi connectivity index (χ3v) is 5.01. The first-order valence-corrected chi connectivity index (χ1v) is 9.88. The molecule has 0 bridgehead atoms. The van der Waals surface area contributed by atoms with Crippen LogP contribution < -0.4 is 0 Å². The van der Waals surface area contributed by atoms with Crippen molar-refractivity contribution in [3.63, 3.8) is 0 Å². The van der Waals surface area contributed by atoms with Gasteiger partial charge in [0.1, 0.15) is 5.82 Å². The topological polar surface area (TPSA) is 41.0 Å². The third kappa shape index (κ3) is 8.50. The summed E-state index contributed by atoms with van der Waals surface area (Å²) >= 11 is 0. The molecule has 1 aliphatic rings. The largest absolute Gasteiger partial charge is 0.393 e. The van der Waals surface area contributed by atoms with E-state index in [0.29, 0.717) is 38.6 Å². The zero-order valence-electron chi connectivity index (χ0n) is 16.7. The van der Waals surface area contributed by atoms with E-state index in [2.05, 4.69) is 21.5 Å². The first-order chi connectivity index (χ1) is 13.6. The van der Waals surface area contributed by atoms with Crippen LogP contribution in [0.5, 0.6) is 0 Å².